The number of carbonyl (C=O) groups is 1. The zero-order valence-electron chi connectivity index (χ0n) is 12.3. The number of piperidine rings is 1. The van der Waals surface area contributed by atoms with Crippen LogP contribution in [0.15, 0.2) is 0 Å². The van der Waals surface area contributed by atoms with Crippen LogP contribution in [0.1, 0.15) is 32.1 Å². The van der Waals surface area contributed by atoms with E-state index in [9.17, 15) is 4.79 Å². The summed E-state index contributed by atoms with van der Waals surface area (Å²) in [5.74, 6) is -0.205. The molecule has 1 saturated carbocycles. The number of nitrogens with one attached hydrogen (secondary N) is 1. The summed E-state index contributed by atoms with van der Waals surface area (Å²) < 4.78 is 0. The van der Waals surface area contributed by atoms with Crippen molar-refractivity contribution in [3.05, 3.63) is 0 Å². The lowest BCUT2D eigenvalue weighted by atomic mass is 10.0. The molecule has 110 valence electrons. The molecule has 5 heteroatoms. The second kappa shape index (κ2) is 6.68. The summed E-state index contributed by atoms with van der Waals surface area (Å²) in [5.41, 5.74) is 5.47. The SMILES string of the molecule is CN1CCC(N(C)CCC(NC2CC2)C(N)=O)CC1. The minimum atomic E-state index is -0.205. The van der Waals surface area contributed by atoms with Crippen LogP contribution in [0, 0.1) is 0 Å². The second-order valence-corrected chi connectivity index (χ2v) is 6.20. The van der Waals surface area contributed by atoms with E-state index in [1.54, 1.807) is 0 Å². The smallest absolute Gasteiger partial charge is 0.234 e. The van der Waals surface area contributed by atoms with Crippen LogP contribution in [0.4, 0.5) is 0 Å². The summed E-state index contributed by atoms with van der Waals surface area (Å²) in [7, 11) is 4.35. The maximum atomic E-state index is 11.4. The first-order chi connectivity index (χ1) is 9.06. The van der Waals surface area contributed by atoms with Crippen molar-refractivity contribution in [1.82, 2.24) is 15.1 Å². The van der Waals surface area contributed by atoms with E-state index in [1.807, 2.05) is 0 Å². The highest BCUT2D eigenvalue weighted by Crippen LogP contribution is 2.20. The van der Waals surface area contributed by atoms with E-state index < -0.39 is 0 Å². The molecule has 2 fully saturated rings. The van der Waals surface area contributed by atoms with Crippen molar-refractivity contribution < 1.29 is 4.79 Å². The van der Waals surface area contributed by atoms with E-state index in [2.05, 4.69) is 29.2 Å². The van der Waals surface area contributed by atoms with Gasteiger partial charge in [0, 0.05) is 18.6 Å². The molecule has 0 aromatic heterocycles. The van der Waals surface area contributed by atoms with Crippen molar-refractivity contribution in [2.24, 2.45) is 5.73 Å². The van der Waals surface area contributed by atoms with Gasteiger partial charge in [-0.15, -0.1) is 0 Å². The van der Waals surface area contributed by atoms with Gasteiger partial charge in [-0.05, 0) is 59.3 Å². The number of amides is 1. The quantitative estimate of drug-likeness (QED) is 0.683. The molecule has 0 aromatic carbocycles. The van der Waals surface area contributed by atoms with Crippen LogP contribution in [-0.2, 0) is 4.79 Å². The van der Waals surface area contributed by atoms with Crippen molar-refractivity contribution in [3.63, 3.8) is 0 Å². The van der Waals surface area contributed by atoms with E-state index in [1.165, 1.54) is 38.8 Å². The minimum absolute atomic E-state index is 0.152. The van der Waals surface area contributed by atoms with Gasteiger partial charge in [0.05, 0.1) is 6.04 Å². The van der Waals surface area contributed by atoms with Gasteiger partial charge in [0.15, 0.2) is 0 Å². The van der Waals surface area contributed by atoms with E-state index >= 15 is 0 Å². The van der Waals surface area contributed by atoms with Crippen LogP contribution in [0.25, 0.3) is 0 Å². The van der Waals surface area contributed by atoms with Crippen molar-refractivity contribution in [1.29, 1.82) is 0 Å². The zero-order valence-corrected chi connectivity index (χ0v) is 12.3. The van der Waals surface area contributed by atoms with Gasteiger partial charge in [-0.2, -0.15) is 0 Å². The van der Waals surface area contributed by atoms with Crippen molar-refractivity contribution in [3.8, 4) is 0 Å². The van der Waals surface area contributed by atoms with Gasteiger partial charge < -0.3 is 20.9 Å². The molecule has 2 aliphatic rings. The number of nitrogens with zero attached hydrogens (tertiary/aromatic N) is 2. The maximum Gasteiger partial charge on any atom is 0.234 e. The average molecular weight is 268 g/mol. The van der Waals surface area contributed by atoms with Crippen LogP contribution in [0.5, 0.6) is 0 Å². The number of carbonyl (C=O) groups excluding carboxylic acids is 1. The Hall–Kier alpha value is -0.650. The lowest BCUT2D eigenvalue weighted by Crippen LogP contribution is -2.47. The summed E-state index contributed by atoms with van der Waals surface area (Å²) >= 11 is 0. The average Bonchev–Trinajstić information content (AvgIpc) is 3.18. The number of hydrogen-bond donors (Lipinski definition) is 2. The molecule has 1 aliphatic carbocycles. The number of hydrogen-bond acceptors (Lipinski definition) is 4. The highest BCUT2D eigenvalue weighted by atomic mass is 16.1. The Morgan fingerprint density at radius 2 is 2.00 bits per heavy atom. The molecule has 1 amide bonds. The Labute approximate surface area is 116 Å². The Bertz CT molecular complexity index is 298. The fraction of sp³-hybridized carbons (Fsp3) is 0.929. The van der Waals surface area contributed by atoms with Crippen LogP contribution in [0.2, 0.25) is 0 Å². The lowest BCUT2D eigenvalue weighted by Gasteiger charge is -2.35. The topological polar surface area (TPSA) is 61.6 Å². The van der Waals surface area contributed by atoms with E-state index in [4.69, 9.17) is 5.73 Å². The summed E-state index contributed by atoms with van der Waals surface area (Å²) in [6, 6.07) is 1.04. The molecule has 2 rings (SSSR count). The normalized spacial score (nSPS) is 23.7. The third-order valence-electron chi connectivity index (χ3n) is 4.44. The summed E-state index contributed by atoms with van der Waals surface area (Å²) in [6.07, 6.45) is 5.66. The molecule has 1 unspecified atom stereocenters. The van der Waals surface area contributed by atoms with Gasteiger partial charge in [-0.25, -0.2) is 0 Å². The predicted octanol–water partition coefficient (Wildman–Crippen LogP) is 0.00840. The first-order valence-corrected chi connectivity index (χ1v) is 7.50. The monoisotopic (exact) mass is 268 g/mol. The molecule has 0 spiro atoms. The first-order valence-electron chi connectivity index (χ1n) is 7.50. The maximum absolute atomic E-state index is 11.4. The van der Waals surface area contributed by atoms with Gasteiger partial charge >= 0.3 is 0 Å². The first kappa shape index (κ1) is 14.8. The number of likely N-dealkylation sites (tertiary alicyclic amines) is 1. The van der Waals surface area contributed by atoms with Crippen molar-refractivity contribution in [2.45, 2.75) is 50.2 Å². The molecule has 1 heterocycles. The van der Waals surface area contributed by atoms with Gasteiger partial charge in [0.2, 0.25) is 5.91 Å². The highest BCUT2D eigenvalue weighted by Gasteiger charge is 2.28. The summed E-state index contributed by atoms with van der Waals surface area (Å²) in [4.78, 5) is 16.2. The Morgan fingerprint density at radius 1 is 1.37 bits per heavy atom. The predicted molar refractivity (Wildman–Crippen MR) is 76.9 cm³/mol. The van der Waals surface area contributed by atoms with Gasteiger partial charge in [0.1, 0.15) is 0 Å². The summed E-state index contributed by atoms with van der Waals surface area (Å²) in [6.45, 7) is 3.30. The molecule has 0 radical (unpaired) electrons. The molecular formula is C14H28N4O. The molecule has 3 N–H and O–H groups in total. The molecule has 19 heavy (non-hydrogen) atoms. The van der Waals surface area contributed by atoms with E-state index in [0.29, 0.717) is 12.1 Å². The van der Waals surface area contributed by atoms with Gasteiger partial charge in [-0.1, -0.05) is 0 Å². The molecule has 5 nitrogen and oxygen atoms in total. The molecule has 0 bridgehead atoms. The summed E-state index contributed by atoms with van der Waals surface area (Å²) in [5, 5.41) is 3.35. The van der Waals surface area contributed by atoms with Gasteiger partial charge in [-0.3, -0.25) is 4.79 Å². The fourth-order valence-electron chi connectivity index (χ4n) is 2.79. The van der Waals surface area contributed by atoms with E-state index in [-0.39, 0.29) is 11.9 Å². The third-order valence-corrected chi connectivity index (χ3v) is 4.44. The number of primary amides is 1. The van der Waals surface area contributed by atoms with Gasteiger partial charge in [0.25, 0.3) is 0 Å². The Kier molecular flexibility index (Phi) is 5.19. The minimum Gasteiger partial charge on any atom is -0.368 e. The molecule has 0 aromatic rings. The van der Waals surface area contributed by atoms with Crippen molar-refractivity contribution in [2.75, 3.05) is 33.7 Å². The molecule has 1 aliphatic heterocycles. The van der Waals surface area contributed by atoms with E-state index in [0.717, 1.165) is 13.0 Å². The van der Waals surface area contributed by atoms with Crippen molar-refractivity contribution >= 4 is 5.91 Å². The number of rotatable bonds is 7. The van der Waals surface area contributed by atoms with Crippen LogP contribution in [-0.4, -0.2) is 67.6 Å². The Balaban J connectivity index is 1.71. The second-order valence-electron chi connectivity index (χ2n) is 6.20. The van der Waals surface area contributed by atoms with Crippen LogP contribution < -0.4 is 11.1 Å². The zero-order chi connectivity index (χ0) is 13.8. The third kappa shape index (κ3) is 4.75. The largest absolute Gasteiger partial charge is 0.368 e. The highest BCUT2D eigenvalue weighted by molar-refractivity contribution is 5.79. The number of nitrogens with two attached hydrogens (primary N) is 1. The standard InChI is InChI=1S/C14H28N4O/c1-17-8-5-12(6-9-17)18(2)10-7-13(14(15)19)16-11-3-4-11/h11-13,16H,3-10H2,1-2H3,(H2,15,19). The molecular weight excluding hydrogens is 240 g/mol. The molecule has 1 saturated heterocycles. The van der Waals surface area contributed by atoms with Crippen LogP contribution >= 0.6 is 0 Å². The Morgan fingerprint density at radius 3 is 2.53 bits per heavy atom. The molecule has 1 atom stereocenters. The fourth-order valence-corrected chi connectivity index (χ4v) is 2.79. The lowest BCUT2D eigenvalue weighted by molar-refractivity contribution is -0.120. The van der Waals surface area contributed by atoms with Crippen LogP contribution in [0.3, 0.4) is 0 Å².